The van der Waals surface area contributed by atoms with Crippen molar-refractivity contribution in [1.29, 1.82) is 0 Å². The third-order valence-electron chi connectivity index (χ3n) is 2.86. The highest BCUT2D eigenvalue weighted by Gasteiger charge is 2.21. The van der Waals surface area contributed by atoms with Crippen LogP contribution in [0.25, 0.3) is 0 Å². The Balaban J connectivity index is 0. The van der Waals surface area contributed by atoms with Gasteiger partial charge in [-0.25, -0.2) is 0 Å². The molecule has 1 heteroatoms. The minimum absolute atomic E-state index is 0. The van der Waals surface area contributed by atoms with Crippen molar-refractivity contribution in [1.82, 2.24) is 0 Å². The molecule has 0 aliphatic heterocycles. The van der Waals surface area contributed by atoms with E-state index < -0.39 is 0 Å². The van der Waals surface area contributed by atoms with Crippen LogP contribution < -0.4 is 0 Å². The highest BCUT2D eigenvalue weighted by Crippen LogP contribution is 2.31. The topological polar surface area (TPSA) is 0 Å². The highest BCUT2D eigenvalue weighted by atomic mass is 27.0. The van der Waals surface area contributed by atoms with Gasteiger partial charge in [-0.3, -0.25) is 0 Å². The molecule has 1 atom stereocenters. The summed E-state index contributed by atoms with van der Waals surface area (Å²) in [4.78, 5) is 0. The van der Waals surface area contributed by atoms with Crippen LogP contribution in [0, 0.1) is 11.3 Å². The zero-order valence-electron chi connectivity index (χ0n) is 7.49. The van der Waals surface area contributed by atoms with Gasteiger partial charge in [-0.15, -0.1) is 0 Å². The molecule has 0 aliphatic rings. The second kappa shape index (κ2) is 5.22. The third-order valence-corrected chi connectivity index (χ3v) is 2.86. The van der Waals surface area contributed by atoms with E-state index >= 15 is 0 Å². The molecule has 0 heterocycles. The van der Waals surface area contributed by atoms with Gasteiger partial charge in [-0.2, -0.15) is 0 Å². The van der Waals surface area contributed by atoms with Crippen LogP contribution in [0.3, 0.4) is 0 Å². The molecule has 0 amide bonds. The number of hydrogen-bond acceptors (Lipinski definition) is 0. The lowest BCUT2D eigenvalue weighted by Crippen LogP contribution is -2.19. The minimum Gasteiger partial charge on any atom is -0.0651 e. The Labute approximate surface area is 76.5 Å². The maximum absolute atomic E-state index is 2.35. The van der Waals surface area contributed by atoms with Crippen molar-refractivity contribution in [2.24, 2.45) is 11.3 Å². The third kappa shape index (κ3) is 3.64. The summed E-state index contributed by atoms with van der Waals surface area (Å²) in [6.07, 6.45) is 2.60. The molecule has 0 fully saturated rings. The summed E-state index contributed by atoms with van der Waals surface area (Å²) in [5.74, 6) is 0.863. The van der Waals surface area contributed by atoms with E-state index in [1.165, 1.54) is 12.8 Å². The van der Waals surface area contributed by atoms with Crippen LogP contribution in [0.5, 0.6) is 0 Å². The van der Waals surface area contributed by atoms with Gasteiger partial charge in [0.1, 0.15) is 0 Å². The van der Waals surface area contributed by atoms with Gasteiger partial charge in [-0.05, 0) is 11.3 Å². The molecule has 10 heavy (non-hydrogen) atoms. The largest absolute Gasteiger partial charge is 0.187 e. The van der Waals surface area contributed by atoms with E-state index in [1.807, 2.05) is 0 Å². The molecule has 0 bridgehead atoms. The summed E-state index contributed by atoms with van der Waals surface area (Å²) in [5, 5.41) is 0. The van der Waals surface area contributed by atoms with E-state index in [-0.39, 0.29) is 17.4 Å². The Morgan fingerprint density at radius 2 is 1.60 bits per heavy atom. The molecule has 0 nitrogen and oxygen atoms in total. The first kappa shape index (κ1) is 13.1. The fourth-order valence-electron chi connectivity index (χ4n) is 0.901. The van der Waals surface area contributed by atoms with Crippen LogP contribution >= 0.6 is 0 Å². The molecule has 0 spiro atoms. The summed E-state index contributed by atoms with van der Waals surface area (Å²) in [6, 6.07) is 0. The molecule has 0 N–H and O–H groups in total. The Hall–Kier alpha value is 0.532. The average molecular weight is 158 g/mol. The minimum atomic E-state index is 0. The SMILES string of the molecule is CCC(C)C(C)(C)CC.[AlH3]. The van der Waals surface area contributed by atoms with Crippen molar-refractivity contribution < 1.29 is 0 Å². The van der Waals surface area contributed by atoms with Crippen molar-refractivity contribution in [3.63, 3.8) is 0 Å². The van der Waals surface area contributed by atoms with Crippen LogP contribution in [0.2, 0.25) is 0 Å². The summed E-state index contributed by atoms with van der Waals surface area (Å²) < 4.78 is 0. The standard InChI is InChI=1S/C9H20.Al.3H/c1-6-8(3)9(4,5)7-2;;;;/h8H,6-7H2,1-5H3;;;;. The van der Waals surface area contributed by atoms with Gasteiger partial charge in [0.05, 0.1) is 0 Å². The van der Waals surface area contributed by atoms with Gasteiger partial charge in [0.2, 0.25) is 0 Å². The first-order valence-corrected chi connectivity index (χ1v) is 4.04. The van der Waals surface area contributed by atoms with E-state index in [1.54, 1.807) is 0 Å². The highest BCUT2D eigenvalue weighted by molar-refractivity contribution is 5.75. The molecule has 0 saturated heterocycles. The predicted octanol–water partition coefficient (Wildman–Crippen LogP) is 2.28. The monoisotopic (exact) mass is 158 g/mol. The Kier molecular flexibility index (Phi) is 6.86. The van der Waals surface area contributed by atoms with Crippen LogP contribution in [-0.4, -0.2) is 17.4 Å². The molecule has 0 aromatic carbocycles. The molecule has 0 aliphatic carbocycles. The zero-order chi connectivity index (χ0) is 7.49. The van der Waals surface area contributed by atoms with Gasteiger partial charge in [0, 0.05) is 0 Å². The van der Waals surface area contributed by atoms with Crippen molar-refractivity contribution in [2.45, 2.75) is 47.5 Å². The van der Waals surface area contributed by atoms with E-state index in [9.17, 15) is 0 Å². The lowest BCUT2D eigenvalue weighted by atomic mass is 9.77. The fourth-order valence-corrected chi connectivity index (χ4v) is 0.901. The van der Waals surface area contributed by atoms with Crippen LogP contribution in [-0.2, 0) is 0 Å². The summed E-state index contributed by atoms with van der Waals surface area (Å²) >= 11 is 0. The lowest BCUT2D eigenvalue weighted by Gasteiger charge is -2.29. The van der Waals surface area contributed by atoms with E-state index in [4.69, 9.17) is 0 Å². The molecular weight excluding hydrogens is 135 g/mol. The summed E-state index contributed by atoms with van der Waals surface area (Å²) in [7, 11) is 0. The van der Waals surface area contributed by atoms with Gasteiger partial charge in [0.25, 0.3) is 0 Å². The van der Waals surface area contributed by atoms with E-state index in [2.05, 4.69) is 34.6 Å². The van der Waals surface area contributed by atoms with Crippen LogP contribution in [0.15, 0.2) is 0 Å². The first-order chi connectivity index (χ1) is 4.04. The molecule has 0 rings (SSSR count). The lowest BCUT2D eigenvalue weighted by molar-refractivity contribution is 0.215. The van der Waals surface area contributed by atoms with Crippen molar-refractivity contribution >= 4 is 17.4 Å². The number of rotatable bonds is 3. The average Bonchev–Trinajstić information content (AvgIpc) is 1.86. The van der Waals surface area contributed by atoms with Gasteiger partial charge in [0.15, 0.2) is 17.4 Å². The second-order valence-electron chi connectivity index (χ2n) is 3.65. The maximum atomic E-state index is 2.35. The van der Waals surface area contributed by atoms with Crippen LogP contribution in [0.4, 0.5) is 0 Å². The fraction of sp³-hybridized carbons (Fsp3) is 1.00. The molecule has 62 valence electrons. The quantitative estimate of drug-likeness (QED) is 0.553. The Morgan fingerprint density at radius 1 is 1.20 bits per heavy atom. The van der Waals surface area contributed by atoms with Crippen molar-refractivity contribution in [3.8, 4) is 0 Å². The Morgan fingerprint density at radius 3 is 1.70 bits per heavy atom. The van der Waals surface area contributed by atoms with Gasteiger partial charge >= 0.3 is 0 Å². The van der Waals surface area contributed by atoms with Gasteiger partial charge in [-0.1, -0.05) is 47.5 Å². The molecule has 0 radical (unpaired) electrons. The molecular formula is C9H23Al. The molecule has 0 saturated carbocycles. The van der Waals surface area contributed by atoms with Crippen molar-refractivity contribution in [2.75, 3.05) is 0 Å². The van der Waals surface area contributed by atoms with E-state index in [0.717, 1.165) is 5.92 Å². The Bertz CT molecular complexity index is 76.8. The predicted molar refractivity (Wildman–Crippen MR) is 53.5 cm³/mol. The summed E-state index contributed by atoms with van der Waals surface area (Å²) in [6.45, 7) is 11.6. The number of hydrogen-bond donors (Lipinski definition) is 0. The van der Waals surface area contributed by atoms with Gasteiger partial charge < -0.3 is 0 Å². The molecule has 0 aromatic heterocycles. The normalized spacial score (nSPS) is 14.1. The maximum Gasteiger partial charge on any atom is 0.187 e. The smallest absolute Gasteiger partial charge is 0.0651 e. The molecule has 0 aromatic rings. The van der Waals surface area contributed by atoms with E-state index in [0.29, 0.717) is 5.41 Å². The summed E-state index contributed by atoms with van der Waals surface area (Å²) in [5.41, 5.74) is 0.550. The van der Waals surface area contributed by atoms with Crippen molar-refractivity contribution in [3.05, 3.63) is 0 Å². The first-order valence-electron chi connectivity index (χ1n) is 4.04. The zero-order valence-corrected chi connectivity index (χ0v) is 7.49. The molecule has 1 unspecified atom stereocenters. The second-order valence-corrected chi connectivity index (χ2v) is 3.65. The van der Waals surface area contributed by atoms with Crippen LogP contribution in [0.1, 0.15) is 47.5 Å².